The van der Waals surface area contributed by atoms with Gasteiger partial charge in [0, 0.05) is 18.8 Å². The Hall–Kier alpha value is -3.95. The summed E-state index contributed by atoms with van der Waals surface area (Å²) in [5, 5.41) is 20.1. The summed E-state index contributed by atoms with van der Waals surface area (Å²) in [6, 6.07) is 3.98. The molecule has 9 nitrogen and oxygen atoms in total. The van der Waals surface area contributed by atoms with Gasteiger partial charge < -0.3 is 15.2 Å². The molecule has 0 saturated carbocycles. The van der Waals surface area contributed by atoms with E-state index < -0.39 is 17.8 Å². The third kappa shape index (κ3) is 2.94. The molecule has 0 unspecified atom stereocenters. The van der Waals surface area contributed by atoms with E-state index in [9.17, 15) is 14.7 Å². The second kappa shape index (κ2) is 6.89. The molecule has 0 saturated heterocycles. The van der Waals surface area contributed by atoms with Crippen molar-refractivity contribution in [1.29, 1.82) is 0 Å². The zero-order valence-corrected chi connectivity index (χ0v) is 15.5. The molecule has 0 aliphatic heterocycles. The number of nitrogens with zero attached hydrogens (tertiary/aromatic N) is 4. The molecule has 1 amide bonds. The summed E-state index contributed by atoms with van der Waals surface area (Å²) in [7, 11) is 0. The zero-order chi connectivity index (χ0) is 20.7. The predicted octanol–water partition coefficient (Wildman–Crippen LogP) is 3.20. The maximum atomic E-state index is 15.0. The number of carboxylic acids is 1. The van der Waals surface area contributed by atoms with Gasteiger partial charge in [-0.1, -0.05) is 0 Å². The van der Waals surface area contributed by atoms with Gasteiger partial charge in [-0.2, -0.15) is 14.9 Å². The standard InChI is InChI=1S/C19H16FN5O4/c1-3-21-19(28)25-13-4-5-14(16(20)11(13)8-23-25)29-15-6-7-22-24-9-12(18(26)27)10(2)17(15)24/h4-9H,3H2,1-2H3,(H,21,28)(H,26,27). The normalized spacial score (nSPS) is 11.1. The minimum absolute atomic E-state index is 0.0766. The molecule has 0 fully saturated rings. The van der Waals surface area contributed by atoms with Gasteiger partial charge >= 0.3 is 12.0 Å². The van der Waals surface area contributed by atoms with Crippen LogP contribution < -0.4 is 10.1 Å². The van der Waals surface area contributed by atoms with E-state index >= 15 is 4.39 Å². The van der Waals surface area contributed by atoms with E-state index in [1.807, 2.05) is 0 Å². The van der Waals surface area contributed by atoms with E-state index in [1.165, 1.54) is 41.3 Å². The van der Waals surface area contributed by atoms with Gasteiger partial charge in [0.15, 0.2) is 17.3 Å². The van der Waals surface area contributed by atoms with E-state index in [0.29, 0.717) is 23.1 Å². The molecule has 148 valence electrons. The lowest BCUT2D eigenvalue weighted by Crippen LogP contribution is -2.28. The van der Waals surface area contributed by atoms with Crippen LogP contribution in [0.1, 0.15) is 22.8 Å². The van der Waals surface area contributed by atoms with Crippen LogP contribution in [0.4, 0.5) is 9.18 Å². The molecule has 0 bridgehead atoms. The van der Waals surface area contributed by atoms with E-state index in [1.54, 1.807) is 13.8 Å². The van der Waals surface area contributed by atoms with Crippen LogP contribution >= 0.6 is 0 Å². The maximum Gasteiger partial charge on any atom is 0.342 e. The highest BCUT2D eigenvalue weighted by molar-refractivity contribution is 5.93. The third-order valence-electron chi connectivity index (χ3n) is 4.51. The van der Waals surface area contributed by atoms with Crippen LogP contribution in [0.2, 0.25) is 0 Å². The number of carbonyl (C=O) groups excluding carboxylic acids is 1. The Bertz CT molecular complexity index is 1280. The van der Waals surface area contributed by atoms with Crippen molar-refractivity contribution in [3.63, 3.8) is 0 Å². The molecule has 4 aromatic rings. The van der Waals surface area contributed by atoms with Crippen LogP contribution in [0.3, 0.4) is 0 Å². The van der Waals surface area contributed by atoms with Gasteiger partial charge in [0.1, 0.15) is 5.52 Å². The van der Waals surface area contributed by atoms with Crippen molar-refractivity contribution in [3.05, 3.63) is 53.7 Å². The van der Waals surface area contributed by atoms with Gasteiger partial charge in [0.05, 0.1) is 28.9 Å². The van der Waals surface area contributed by atoms with E-state index in [4.69, 9.17) is 4.74 Å². The molecule has 3 heterocycles. The number of hydrogen-bond donors (Lipinski definition) is 2. The zero-order valence-electron chi connectivity index (χ0n) is 15.5. The fraction of sp³-hybridized carbons (Fsp3) is 0.158. The first-order valence-electron chi connectivity index (χ1n) is 8.75. The minimum Gasteiger partial charge on any atom is -0.478 e. The Morgan fingerprint density at radius 1 is 1.24 bits per heavy atom. The van der Waals surface area contributed by atoms with Crippen LogP contribution in [-0.4, -0.2) is 43.0 Å². The number of fused-ring (bicyclic) bond motifs is 2. The average molecular weight is 397 g/mol. The number of nitrogens with one attached hydrogen (secondary N) is 1. The molecule has 2 N–H and O–H groups in total. The second-order valence-electron chi connectivity index (χ2n) is 6.27. The first-order valence-corrected chi connectivity index (χ1v) is 8.75. The Labute approximate surface area is 163 Å². The number of aryl methyl sites for hydroxylation is 1. The van der Waals surface area contributed by atoms with Gasteiger partial charge in [-0.15, -0.1) is 0 Å². The summed E-state index contributed by atoms with van der Waals surface area (Å²) in [5.41, 5.74) is 1.24. The summed E-state index contributed by atoms with van der Waals surface area (Å²) in [6.45, 7) is 3.81. The van der Waals surface area contributed by atoms with Crippen molar-refractivity contribution in [2.45, 2.75) is 13.8 Å². The maximum absolute atomic E-state index is 15.0. The molecule has 1 aromatic carbocycles. The summed E-state index contributed by atoms with van der Waals surface area (Å²) in [5.74, 6) is -1.61. The van der Waals surface area contributed by atoms with Crippen LogP contribution in [0.15, 0.2) is 36.8 Å². The molecule has 0 atom stereocenters. The van der Waals surface area contributed by atoms with Crippen molar-refractivity contribution in [3.8, 4) is 11.5 Å². The van der Waals surface area contributed by atoms with Gasteiger partial charge in [-0.05, 0) is 31.5 Å². The topological polar surface area (TPSA) is 111 Å². The minimum atomic E-state index is -1.09. The van der Waals surface area contributed by atoms with Gasteiger partial charge in [-0.3, -0.25) is 0 Å². The van der Waals surface area contributed by atoms with Crippen LogP contribution in [0.5, 0.6) is 11.5 Å². The molecular formula is C19H16FN5O4. The first kappa shape index (κ1) is 18.4. The molecule has 3 aromatic heterocycles. The van der Waals surface area contributed by atoms with Crippen LogP contribution in [-0.2, 0) is 0 Å². The number of ether oxygens (including phenoxy) is 1. The van der Waals surface area contributed by atoms with Crippen LogP contribution in [0.25, 0.3) is 16.4 Å². The number of amides is 1. The van der Waals surface area contributed by atoms with E-state index in [2.05, 4.69) is 15.5 Å². The largest absolute Gasteiger partial charge is 0.478 e. The summed E-state index contributed by atoms with van der Waals surface area (Å²) in [4.78, 5) is 23.4. The Balaban J connectivity index is 1.78. The van der Waals surface area contributed by atoms with Crippen molar-refractivity contribution in [2.24, 2.45) is 0 Å². The Morgan fingerprint density at radius 2 is 2.03 bits per heavy atom. The second-order valence-corrected chi connectivity index (χ2v) is 6.27. The number of hydrogen-bond acceptors (Lipinski definition) is 5. The fourth-order valence-corrected chi connectivity index (χ4v) is 3.15. The molecule has 10 heteroatoms. The molecule has 0 aliphatic carbocycles. The SMILES string of the molecule is CCNC(=O)n1ncc2c(F)c(Oc3ccnn4cc(C(=O)O)c(C)c34)ccc21. The smallest absolute Gasteiger partial charge is 0.342 e. The highest BCUT2D eigenvalue weighted by Gasteiger charge is 2.20. The Kier molecular flexibility index (Phi) is 4.38. The molecule has 0 spiro atoms. The number of halogens is 1. The molecule has 4 rings (SSSR count). The molecular weight excluding hydrogens is 381 g/mol. The number of aromatic carboxylic acids is 1. The van der Waals surface area contributed by atoms with E-state index in [-0.39, 0.29) is 22.4 Å². The third-order valence-corrected chi connectivity index (χ3v) is 4.51. The monoisotopic (exact) mass is 397 g/mol. The van der Waals surface area contributed by atoms with Crippen molar-refractivity contribution >= 4 is 28.4 Å². The fourth-order valence-electron chi connectivity index (χ4n) is 3.15. The lowest BCUT2D eigenvalue weighted by molar-refractivity contribution is 0.0696. The van der Waals surface area contributed by atoms with Crippen molar-refractivity contribution in [2.75, 3.05) is 6.54 Å². The van der Waals surface area contributed by atoms with Crippen LogP contribution in [0, 0.1) is 12.7 Å². The summed E-state index contributed by atoms with van der Waals surface area (Å²) >= 11 is 0. The highest BCUT2D eigenvalue weighted by Crippen LogP contribution is 2.33. The number of carboxylic acid groups (broad SMARTS) is 1. The highest BCUT2D eigenvalue weighted by atomic mass is 19.1. The number of benzene rings is 1. The molecule has 29 heavy (non-hydrogen) atoms. The number of carbonyl (C=O) groups is 2. The summed E-state index contributed by atoms with van der Waals surface area (Å²) in [6.07, 6.45) is 4.05. The van der Waals surface area contributed by atoms with Gasteiger partial charge in [-0.25, -0.2) is 18.5 Å². The average Bonchev–Trinajstić information content (AvgIpc) is 3.27. The first-order chi connectivity index (χ1) is 13.9. The molecule has 0 aliphatic rings. The van der Waals surface area contributed by atoms with Gasteiger partial charge in [0.2, 0.25) is 0 Å². The summed E-state index contributed by atoms with van der Waals surface area (Å²) < 4.78 is 23.2. The Morgan fingerprint density at radius 3 is 2.76 bits per heavy atom. The quantitative estimate of drug-likeness (QED) is 0.547. The van der Waals surface area contributed by atoms with Crippen molar-refractivity contribution in [1.82, 2.24) is 24.7 Å². The van der Waals surface area contributed by atoms with E-state index in [0.717, 1.165) is 4.68 Å². The lowest BCUT2D eigenvalue weighted by Gasteiger charge is -2.10. The van der Waals surface area contributed by atoms with Crippen molar-refractivity contribution < 1.29 is 23.8 Å². The lowest BCUT2D eigenvalue weighted by atomic mass is 10.2. The number of aromatic nitrogens is 4. The molecule has 0 radical (unpaired) electrons. The number of rotatable bonds is 4. The van der Waals surface area contributed by atoms with Gasteiger partial charge in [0.25, 0.3) is 0 Å². The predicted molar refractivity (Wildman–Crippen MR) is 101 cm³/mol.